The Morgan fingerprint density at radius 1 is 1.00 bits per heavy atom. The third-order valence-corrected chi connectivity index (χ3v) is 5.67. The SMILES string of the molecule is CC#CN(c1cc(-c2ccsc2)nc(N[C@@H](C)c2ccccc2)n1)c1ccccc1C. The van der Waals surface area contributed by atoms with E-state index in [2.05, 4.69) is 72.2 Å². The second kappa shape index (κ2) is 9.46. The molecule has 0 aliphatic carbocycles. The van der Waals surface area contributed by atoms with Crippen molar-refractivity contribution in [3.8, 4) is 23.2 Å². The number of aryl methyl sites for hydroxylation is 1. The number of aromatic nitrogens is 2. The van der Waals surface area contributed by atoms with Crippen molar-refractivity contribution in [1.82, 2.24) is 9.97 Å². The van der Waals surface area contributed by atoms with Gasteiger partial charge >= 0.3 is 0 Å². The van der Waals surface area contributed by atoms with Gasteiger partial charge in [0.15, 0.2) is 5.82 Å². The van der Waals surface area contributed by atoms with E-state index in [9.17, 15) is 0 Å². The molecule has 0 aliphatic heterocycles. The highest BCUT2D eigenvalue weighted by atomic mass is 32.1. The van der Waals surface area contributed by atoms with E-state index in [1.165, 1.54) is 5.56 Å². The minimum absolute atomic E-state index is 0.0657. The molecule has 0 bridgehead atoms. The largest absolute Gasteiger partial charge is 0.348 e. The van der Waals surface area contributed by atoms with Gasteiger partial charge in [-0.2, -0.15) is 16.3 Å². The zero-order valence-electron chi connectivity index (χ0n) is 17.8. The van der Waals surface area contributed by atoms with E-state index in [0.717, 1.165) is 28.3 Å². The lowest BCUT2D eigenvalue weighted by atomic mass is 10.1. The van der Waals surface area contributed by atoms with Gasteiger partial charge in [0.05, 0.1) is 17.4 Å². The third-order valence-electron chi connectivity index (χ3n) is 4.98. The van der Waals surface area contributed by atoms with E-state index in [4.69, 9.17) is 9.97 Å². The second-order valence-corrected chi connectivity index (χ2v) is 7.99. The molecule has 0 saturated carbocycles. The molecular formula is C26H24N4S. The van der Waals surface area contributed by atoms with Crippen LogP contribution in [0.4, 0.5) is 17.5 Å². The fourth-order valence-electron chi connectivity index (χ4n) is 3.36. The monoisotopic (exact) mass is 424 g/mol. The summed E-state index contributed by atoms with van der Waals surface area (Å²) in [6.07, 6.45) is 0. The Morgan fingerprint density at radius 2 is 1.77 bits per heavy atom. The molecular weight excluding hydrogens is 400 g/mol. The number of thiophene rings is 1. The molecule has 4 nitrogen and oxygen atoms in total. The highest BCUT2D eigenvalue weighted by molar-refractivity contribution is 7.08. The summed E-state index contributed by atoms with van der Waals surface area (Å²) < 4.78 is 0. The topological polar surface area (TPSA) is 41.1 Å². The summed E-state index contributed by atoms with van der Waals surface area (Å²) in [4.78, 5) is 11.6. The van der Waals surface area contributed by atoms with Crippen molar-refractivity contribution in [3.63, 3.8) is 0 Å². The zero-order chi connectivity index (χ0) is 21.6. The average molecular weight is 425 g/mol. The number of hydrogen-bond donors (Lipinski definition) is 1. The van der Waals surface area contributed by atoms with Crippen LogP contribution in [-0.4, -0.2) is 9.97 Å². The molecule has 0 amide bonds. The van der Waals surface area contributed by atoms with Gasteiger partial charge in [0.1, 0.15) is 0 Å². The van der Waals surface area contributed by atoms with Crippen molar-refractivity contribution in [1.29, 1.82) is 0 Å². The van der Waals surface area contributed by atoms with Gasteiger partial charge < -0.3 is 5.32 Å². The molecule has 0 radical (unpaired) electrons. The van der Waals surface area contributed by atoms with Gasteiger partial charge in [-0.1, -0.05) is 54.5 Å². The predicted octanol–water partition coefficient (Wildman–Crippen LogP) is 6.81. The van der Waals surface area contributed by atoms with Gasteiger partial charge in [0, 0.05) is 23.1 Å². The molecule has 1 atom stereocenters. The Bertz CT molecular complexity index is 1210. The number of nitrogens with zero attached hydrogens (tertiary/aromatic N) is 3. The van der Waals surface area contributed by atoms with E-state index >= 15 is 0 Å². The summed E-state index contributed by atoms with van der Waals surface area (Å²) in [5.74, 6) is 4.34. The van der Waals surface area contributed by atoms with Gasteiger partial charge in [0.25, 0.3) is 0 Å². The standard InChI is InChI=1S/C26H24N4S/c1-4-15-30(24-13-9-8-10-19(24)2)25-17-23(22-14-16-31-18-22)28-26(29-25)27-20(3)21-11-6-5-7-12-21/h5-14,16-18,20H,1-3H3,(H,27,28,29)/t20-/m0/s1. The maximum atomic E-state index is 4.85. The number of nitrogens with one attached hydrogen (secondary N) is 1. The van der Waals surface area contributed by atoms with Crippen molar-refractivity contribution in [2.75, 3.05) is 10.2 Å². The number of anilines is 3. The molecule has 0 aliphatic rings. The molecule has 5 heteroatoms. The average Bonchev–Trinajstić information content (AvgIpc) is 3.34. The van der Waals surface area contributed by atoms with Gasteiger partial charge in [-0.15, -0.1) is 0 Å². The molecule has 154 valence electrons. The normalized spacial score (nSPS) is 11.3. The summed E-state index contributed by atoms with van der Waals surface area (Å²) in [5, 5.41) is 7.62. The fourth-order valence-corrected chi connectivity index (χ4v) is 4.01. The van der Waals surface area contributed by atoms with Crippen molar-refractivity contribution < 1.29 is 0 Å². The molecule has 0 unspecified atom stereocenters. The molecule has 4 aromatic rings. The van der Waals surface area contributed by atoms with Crippen molar-refractivity contribution >= 4 is 28.8 Å². The van der Waals surface area contributed by atoms with Crippen LogP contribution in [0.1, 0.15) is 31.0 Å². The van der Waals surface area contributed by atoms with Crippen LogP contribution in [-0.2, 0) is 0 Å². The summed E-state index contributed by atoms with van der Waals surface area (Å²) in [6.45, 7) is 6.03. The van der Waals surface area contributed by atoms with E-state index in [1.807, 2.05) is 48.2 Å². The van der Waals surface area contributed by atoms with Crippen LogP contribution in [0.25, 0.3) is 11.3 Å². The van der Waals surface area contributed by atoms with E-state index in [1.54, 1.807) is 11.3 Å². The summed E-state index contributed by atoms with van der Waals surface area (Å²) in [6, 6.07) is 25.8. The first-order valence-corrected chi connectivity index (χ1v) is 11.1. The fraction of sp³-hybridized carbons (Fsp3) is 0.154. The van der Waals surface area contributed by atoms with Gasteiger partial charge in [-0.05, 0) is 49.4 Å². The maximum Gasteiger partial charge on any atom is 0.225 e. The lowest BCUT2D eigenvalue weighted by Gasteiger charge is -2.21. The molecule has 0 fully saturated rings. The molecule has 31 heavy (non-hydrogen) atoms. The molecule has 2 aromatic carbocycles. The first-order valence-electron chi connectivity index (χ1n) is 10.2. The summed E-state index contributed by atoms with van der Waals surface area (Å²) in [5.41, 5.74) is 5.25. The van der Waals surface area contributed by atoms with Crippen molar-refractivity contribution in [2.45, 2.75) is 26.8 Å². The van der Waals surface area contributed by atoms with Crippen molar-refractivity contribution in [3.05, 3.63) is 88.6 Å². The molecule has 4 rings (SSSR count). The van der Waals surface area contributed by atoms with Gasteiger partial charge in [0.2, 0.25) is 5.95 Å². The minimum Gasteiger partial charge on any atom is -0.348 e. The highest BCUT2D eigenvalue weighted by Gasteiger charge is 2.16. The van der Waals surface area contributed by atoms with E-state index in [-0.39, 0.29) is 6.04 Å². The number of benzene rings is 2. The Morgan fingerprint density at radius 3 is 2.48 bits per heavy atom. The van der Waals surface area contributed by atoms with Crippen LogP contribution >= 0.6 is 11.3 Å². The first-order chi connectivity index (χ1) is 15.2. The van der Waals surface area contributed by atoms with Crippen LogP contribution in [0.15, 0.2) is 77.5 Å². The molecule has 2 aromatic heterocycles. The first kappa shape index (κ1) is 20.6. The smallest absolute Gasteiger partial charge is 0.225 e. The Hall–Kier alpha value is -3.62. The number of hydrogen-bond acceptors (Lipinski definition) is 5. The minimum atomic E-state index is 0.0657. The van der Waals surface area contributed by atoms with Crippen LogP contribution in [0.5, 0.6) is 0 Å². The Balaban J connectivity index is 1.79. The summed E-state index contributed by atoms with van der Waals surface area (Å²) >= 11 is 1.65. The van der Waals surface area contributed by atoms with Crippen molar-refractivity contribution in [2.24, 2.45) is 0 Å². The van der Waals surface area contributed by atoms with Crippen LogP contribution in [0.2, 0.25) is 0 Å². The maximum absolute atomic E-state index is 4.85. The molecule has 2 heterocycles. The second-order valence-electron chi connectivity index (χ2n) is 7.21. The lowest BCUT2D eigenvalue weighted by molar-refractivity contribution is 0.860. The predicted molar refractivity (Wildman–Crippen MR) is 131 cm³/mol. The highest BCUT2D eigenvalue weighted by Crippen LogP contribution is 2.31. The van der Waals surface area contributed by atoms with E-state index < -0.39 is 0 Å². The Labute approximate surface area is 187 Å². The molecule has 1 N–H and O–H groups in total. The number of rotatable bonds is 6. The molecule has 0 spiro atoms. The number of para-hydroxylation sites is 1. The summed E-state index contributed by atoms with van der Waals surface area (Å²) in [7, 11) is 0. The molecule has 0 saturated heterocycles. The van der Waals surface area contributed by atoms with Gasteiger partial charge in [-0.25, -0.2) is 4.98 Å². The zero-order valence-corrected chi connectivity index (χ0v) is 18.6. The van der Waals surface area contributed by atoms with Crippen LogP contribution < -0.4 is 10.2 Å². The lowest BCUT2D eigenvalue weighted by Crippen LogP contribution is -2.16. The van der Waals surface area contributed by atoms with E-state index in [0.29, 0.717) is 5.95 Å². The van der Waals surface area contributed by atoms with Crippen LogP contribution in [0.3, 0.4) is 0 Å². The Kier molecular flexibility index (Phi) is 6.30. The van der Waals surface area contributed by atoms with Crippen LogP contribution in [0, 0.1) is 18.9 Å². The quantitative estimate of drug-likeness (QED) is 0.273. The third kappa shape index (κ3) is 4.76. The van der Waals surface area contributed by atoms with Gasteiger partial charge in [-0.3, -0.25) is 4.90 Å².